The lowest BCUT2D eigenvalue weighted by atomic mass is 10.0. The summed E-state index contributed by atoms with van der Waals surface area (Å²) in [6.07, 6.45) is 5.45. The van der Waals surface area contributed by atoms with Crippen molar-refractivity contribution in [3.8, 4) is 5.75 Å². The maximum Gasteiger partial charge on any atom is 0.255 e. The highest BCUT2D eigenvalue weighted by Gasteiger charge is 2.37. The molecule has 154 valence electrons. The maximum atomic E-state index is 14.2. The third kappa shape index (κ3) is 2.71. The number of hydrogen-bond acceptors (Lipinski definition) is 5. The third-order valence-electron chi connectivity index (χ3n) is 6.76. The van der Waals surface area contributed by atoms with Crippen LogP contribution < -0.4 is 4.74 Å². The Kier molecular flexibility index (Phi) is 4.04. The molecule has 1 aromatic carbocycles. The maximum absolute atomic E-state index is 14.2. The average molecular weight is 406 g/mol. The second kappa shape index (κ2) is 6.79. The zero-order valence-electron chi connectivity index (χ0n) is 16.7. The summed E-state index contributed by atoms with van der Waals surface area (Å²) >= 11 is 0. The van der Waals surface area contributed by atoms with Gasteiger partial charge in [-0.05, 0) is 49.9 Å². The van der Waals surface area contributed by atoms with Crippen LogP contribution in [0, 0.1) is 5.82 Å². The highest BCUT2D eigenvalue weighted by atomic mass is 19.1. The summed E-state index contributed by atoms with van der Waals surface area (Å²) in [5.41, 5.74) is 3.30. The summed E-state index contributed by atoms with van der Waals surface area (Å²) in [6.45, 7) is 2.49. The van der Waals surface area contributed by atoms with Crippen LogP contribution in [-0.2, 0) is 6.54 Å². The highest BCUT2D eigenvalue weighted by molar-refractivity contribution is 6.04. The molecule has 0 N–H and O–H groups in total. The Hall–Kier alpha value is -2.96. The second-order valence-corrected chi connectivity index (χ2v) is 8.50. The van der Waals surface area contributed by atoms with E-state index in [9.17, 15) is 9.18 Å². The van der Waals surface area contributed by atoms with E-state index < -0.39 is 0 Å². The number of benzene rings is 1. The van der Waals surface area contributed by atoms with Crippen molar-refractivity contribution in [2.75, 3.05) is 19.7 Å². The first-order chi connectivity index (χ1) is 14.7. The number of ether oxygens (including phenoxy) is 1. The Labute approximate surface area is 174 Å². The van der Waals surface area contributed by atoms with Crippen LogP contribution in [0.1, 0.15) is 58.9 Å². The second-order valence-electron chi connectivity index (χ2n) is 8.50. The van der Waals surface area contributed by atoms with E-state index in [2.05, 4.69) is 9.88 Å². The predicted octanol–water partition coefficient (Wildman–Crippen LogP) is 3.32. The van der Waals surface area contributed by atoms with E-state index in [1.807, 2.05) is 11.0 Å². The molecule has 6 rings (SSSR count). The highest BCUT2D eigenvalue weighted by Crippen LogP contribution is 2.40. The SMILES string of the molecule is O=C1c2cnc3c(c2)C(=NC3)N2CCC[C@@H]2c2cc(F)ccc2OCC2CCCN12. The molecule has 1 aromatic heterocycles. The number of hydrogen-bond donors (Lipinski definition) is 0. The van der Waals surface area contributed by atoms with Gasteiger partial charge in [0.15, 0.2) is 0 Å². The molecule has 2 aromatic rings. The first-order valence-corrected chi connectivity index (χ1v) is 10.7. The lowest BCUT2D eigenvalue weighted by Gasteiger charge is -2.29. The fourth-order valence-electron chi connectivity index (χ4n) is 5.29. The van der Waals surface area contributed by atoms with Crippen LogP contribution in [-0.4, -0.2) is 52.3 Å². The zero-order chi connectivity index (χ0) is 20.2. The smallest absolute Gasteiger partial charge is 0.255 e. The molecular formula is C23H23FN4O2. The van der Waals surface area contributed by atoms with Gasteiger partial charge in [0, 0.05) is 30.4 Å². The Morgan fingerprint density at radius 2 is 1.97 bits per heavy atom. The lowest BCUT2D eigenvalue weighted by molar-refractivity contribution is 0.0690. The van der Waals surface area contributed by atoms with Gasteiger partial charge >= 0.3 is 0 Å². The monoisotopic (exact) mass is 406 g/mol. The summed E-state index contributed by atoms with van der Waals surface area (Å²) < 4.78 is 20.5. The van der Waals surface area contributed by atoms with Gasteiger partial charge in [-0.15, -0.1) is 0 Å². The molecule has 2 bridgehead atoms. The predicted molar refractivity (Wildman–Crippen MR) is 109 cm³/mol. The summed E-state index contributed by atoms with van der Waals surface area (Å²) in [6, 6.07) is 6.74. The van der Waals surface area contributed by atoms with Crippen molar-refractivity contribution in [3.05, 3.63) is 58.7 Å². The quantitative estimate of drug-likeness (QED) is 0.674. The van der Waals surface area contributed by atoms with E-state index in [0.717, 1.165) is 61.4 Å². The minimum absolute atomic E-state index is 0.000178. The molecule has 4 aliphatic rings. The number of aromatic nitrogens is 1. The molecule has 2 saturated heterocycles. The van der Waals surface area contributed by atoms with Crippen LogP contribution in [0.15, 0.2) is 35.5 Å². The fraction of sp³-hybridized carbons (Fsp3) is 0.435. The van der Waals surface area contributed by atoms with Crippen molar-refractivity contribution in [1.29, 1.82) is 0 Å². The van der Waals surface area contributed by atoms with Crippen LogP contribution in [0.2, 0.25) is 0 Å². The van der Waals surface area contributed by atoms with Gasteiger partial charge in [0.05, 0.1) is 29.9 Å². The molecule has 0 spiro atoms. The average Bonchev–Trinajstić information content (AvgIpc) is 3.49. The van der Waals surface area contributed by atoms with Gasteiger partial charge in [0.25, 0.3) is 5.91 Å². The molecule has 0 aliphatic carbocycles. The van der Waals surface area contributed by atoms with Gasteiger partial charge in [0.1, 0.15) is 24.0 Å². The van der Waals surface area contributed by atoms with Crippen LogP contribution in [0.3, 0.4) is 0 Å². The van der Waals surface area contributed by atoms with Crippen molar-refractivity contribution in [1.82, 2.24) is 14.8 Å². The summed E-state index contributed by atoms with van der Waals surface area (Å²) in [7, 11) is 0. The van der Waals surface area contributed by atoms with Crippen LogP contribution in [0.5, 0.6) is 5.75 Å². The van der Waals surface area contributed by atoms with Crippen molar-refractivity contribution >= 4 is 11.7 Å². The molecule has 2 fully saturated rings. The first-order valence-electron chi connectivity index (χ1n) is 10.7. The summed E-state index contributed by atoms with van der Waals surface area (Å²) in [5.74, 6) is 1.31. The van der Waals surface area contributed by atoms with Crippen LogP contribution >= 0.6 is 0 Å². The molecular weight excluding hydrogens is 383 g/mol. The van der Waals surface area contributed by atoms with E-state index in [1.54, 1.807) is 18.3 Å². The van der Waals surface area contributed by atoms with Crippen molar-refractivity contribution in [3.63, 3.8) is 0 Å². The fourth-order valence-corrected chi connectivity index (χ4v) is 5.29. The molecule has 1 amide bonds. The molecule has 5 heterocycles. The Morgan fingerprint density at radius 1 is 1.10 bits per heavy atom. The van der Waals surface area contributed by atoms with Gasteiger partial charge in [-0.1, -0.05) is 0 Å². The Bertz CT molecular complexity index is 1070. The minimum Gasteiger partial charge on any atom is -0.491 e. The number of carbonyl (C=O) groups is 1. The topological polar surface area (TPSA) is 58.0 Å². The van der Waals surface area contributed by atoms with Crippen LogP contribution in [0.4, 0.5) is 4.39 Å². The molecule has 4 aliphatic heterocycles. The molecule has 1 unspecified atom stereocenters. The van der Waals surface area contributed by atoms with Crippen LogP contribution in [0.25, 0.3) is 0 Å². The van der Waals surface area contributed by atoms with Crippen molar-refractivity contribution in [2.45, 2.75) is 44.3 Å². The normalized spacial score (nSPS) is 24.8. The molecule has 30 heavy (non-hydrogen) atoms. The van der Waals surface area contributed by atoms with E-state index >= 15 is 0 Å². The third-order valence-corrected chi connectivity index (χ3v) is 6.76. The number of halogens is 1. The number of nitrogens with zero attached hydrogens (tertiary/aromatic N) is 4. The Morgan fingerprint density at radius 3 is 2.90 bits per heavy atom. The molecule has 0 saturated carbocycles. The number of carbonyl (C=O) groups excluding carboxylic acids is 1. The molecule has 0 radical (unpaired) electrons. The number of amides is 1. The van der Waals surface area contributed by atoms with Crippen molar-refractivity contribution in [2.24, 2.45) is 4.99 Å². The lowest BCUT2D eigenvalue weighted by Crippen LogP contribution is -2.39. The largest absolute Gasteiger partial charge is 0.491 e. The first kappa shape index (κ1) is 17.9. The van der Waals surface area contributed by atoms with E-state index in [4.69, 9.17) is 9.73 Å². The number of aliphatic imine (C=N–C) groups is 1. The standard InChI is InChI=1S/C23H23FN4O2/c24-15-5-6-21-18(10-15)20-4-2-8-28(20)22-17-9-14(11-25-19(17)12-26-22)23(29)27-7-1-3-16(27)13-30-21/h5-6,9-11,16,20H,1-4,7-8,12-13H2/t16?,20-/m1/s1. The van der Waals surface area contributed by atoms with Gasteiger partial charge in [-0.25, -0.2) is 4.39 Å². The van der Waals surface area contributed by atoms with Gasteiger partial charge in [-0.3, -0.25) is 14.8 Å². The van der Waals surface area contributed by atoms with Gasteiger partial charge in [-0.2, -0.15) is 0 Å². The summed E-state index contributed by atoms with van der Waals surface area (Å²) in [4.78, 5) is 26.8. The van der Waals surface area contributed by atoms with Crippen molar-refractivity contribution < 1.29 is 13.9 Å². The Balaban J connectivity index is 1.51. The molecule has 7 heteroatoms. The molecule has 6 nitrogen and oxygen atoms in total. The zero-order valence-corrected chi connectivity index (χ0v) is 16.7. The number of fused-ring (bicyclic) bond motifs is 6. The van der Waals surface area contributed by atoms with E-state index in [-0.39, 0.29) is 23.8 Å². The molecule has 2 atom stereocenters. The van der Waals surface area contributed by atoms with E-state index in [1.165, 1.54) is 6.07 Å². The number of rotatable bonds is 0. The van der Waals surface area contributed by atoms with Gasteiger partial charge in [0.2, 0.25) is 0 Å². The number of amidine groups is 1. The summed E-state index contributed by atoms with van der Waals surface area (Å²) in [5, 5.41) is 0. The van der Waals surface area contributed by atoms with Gasteiger partial charge < -0.3 is 14.5 Å². The number of pyridine rings is 1. The van der Waals surface area contributed by atoms with E-state index in [0.29, 0.717) is 24.5 Å². The minimum atomic E-state index is -0.260.